The van der Waals surface area contributed by atoms with Gasteiger partial charge in [-0.3, -0.25) is 4.79 Å². The van der Waals surface area contributed by atoms with Gasteiger partial charge in [0.2, 0.25) is 5.91 Å². The summed E-state index contributed by atoms with van der Waals surface area (Å²) < 4.78 is 0. The first-order valence-corrected chi connectivity index (χ1v) is 8.25. The molecule has 0 spiro atoms. The molecule has 3 nitrogen and oxygen atoms in total. The fraction of sp³-hybridized carbons (Fsp3) is 0.278. The van der Waals surface area contributed by atoms with Crippen LogP contribution in [0.1, 0.15) is 37.1 Å². The Hall–Kier alpha value is -1.55. The van der Waals surface area contributed by atoms with Crippen LogP contribution in [0.5, 0.6) is 0 Å². The van der Waals surface area contributed by atoms with Crippen LogP contribution in [0.4, 0.5) is 0 Å². The number of carbonyl (C=O) groups is 1. The molecule has 0 aliphatic rings. The number of benzene rings is 2. The van der Waals surface area contributed by atoms with Gasteiger partial charge in [-0.1, -0.05) is 47.5 Å². The summed E-state index contributed by atoms with van der Waals surface area (Å²) in [5.74, 6) is -0.0543. The maximum atomic E-state index is 12.1. The highest BCUT2D eigenvalue weighted by molar-refractivity contribution is 6.30. The average Bonchev–Trinajstić information content (AvgIpc) is 2.53. The summed E-state index contributed by atoms with van der Waals surface area (Å²) in [5.41, 5.74) is 2.07. The van der Waals surface area contributed by atoms with E-state index in [9.17, 15) is 4.79 Å². The van der Waals surface area contributed by atoms with Gasteiger partial charge in [0.1, 0.15) is 0 Å². The van der Waals surface area contributed by atoms with Gasteiger partial charge in [0.25, 0.3) is 0 Å². The summed E-state index contributed by atoms with van der Waals surface area (Å²) in [7, 11) is 0. The third-order valence-corrected chi connectivity index (χ3v) is 4.15. The topological polar surface area (TPSA) is 41.1 Å². The fourth-order valence-corrected chi connectivity index (χ4v) is 2.59. The summed E-state index contributed by atoms with van der Waals surface area (Å²) in [6, 6.07) is 15.1. The maximum absolute atomic E-state index is 12.1. The van der Waals surface area contributed by atoms with E-state index in [1.54, 1.807) is 0 Å². The van der Waals surface area contributed by atoms with Gasteiger partial charge < -0.3 is 10.6 Å². The second kappa shape index (κ2) is 8.34. The molecule has 1 amide bonds. The van der Waals surface area contributed by atoms with Crippen molar-refractivity contribution in [2.75, 3.05) is 6.54 Å². The first-order valence-electron chi connectivity index (χ1n) is 7.49. The number of nitrogens with one attached hydrogen (secondary N) is 2. The zero-order chi connectivity index (χ0) is 16.8. The second-order valence-corrected chi connectivity index (χ2v) is 6.37. The summed E-state index contributed by atoms with van der Waals surface area (Å²) >= 11 is 11.9. The Balaban J connectivity index is 1.83. The van der Waals surface area contributed by atoms with Gasteiger partial charge in [0.05, 0.1) is 12.6 Å². The number of amides is 1. The third-order valence-electron chi connectivity index (χ3n) is 3.66. The van der Waals surface area contributed by atoms with Gasteiger partial charge >= 0.3 is 0 Å². The van der Waals surface area contributed by atoms with Crippen LogP contribution in [0.15, 0.2) is 48.5 Å². The Kier molecular flexibility index (Phi) is 6.46. The van der Waals surface area contributed by atoms with E-state index in [1.165, 1.54) is 0 Å². The van der Waals surface area contributed by atoms with Crippen molar-refractivity contribution in [3.8, 4) is 0 Å². The van der Waals surface area contributed by atoms with Crippen LogP contribution in [0.2, 0.25) is 10.0 Å². The minimum Gasteiger partial charge on any atom is -0.348 e. The SMILES string of the molecule is C[C@@H](NCC(=O)N[C@H](C)c1ccc(Cl)cc1)c1cccc(Cl)c1. The van der Waals surface area contributed by atoms with Gasteiger partial charge in [0, 0.05) is 16.1 Å². The standard InChI is InChI=1S/C18H20Cl2N2O/c1-12(15-4-3-5-17(20)10-15)21-11-18(23)22-13(2)14-6-8-16(19)9-7-14/h3-10,12-13,21H,11H2,1-2H3,(H,22,23)/t12-,13-/m1/s1. The first-order chi connectivity index (χ1) is 11.0. The van der Waals surface area contributed by atoms with Crippen LogP contribution in [0.25, 0.3) is 0 Å². The minimum atomic E-state index is -0.0666. The van der Waals surface area contributed by atoms with Crippen LogP contribution < -0.4 is 10.6 Å². The molecule has 0 aliphatic heterocycles. The Morgan fingerprint density at radius 2 is 1.65 bits per heavy atom. The molecule has 23 heavy (non-hydrogen) atoms. The highest BCUT2D eigenvalue weighted by Crippen LogP contribution is 2.18. The summed E-state index contributed by atoms with van der Waals surface area (Å²) in [6.45, 7) is 4.19. The predicted molar refractivity (Wildman–Crippen MR) is 95.9 cm³/mol. The predicted octanol–water partition coefficient (Wildman–Crippen LogP) is 4.52. The van der Waals surface area contributed by atoms with E-state index in [-0.39, 0.29) is 24.5 Å². The van der Waals surface area contributed by atoms with E-state index in [0.717, 1.165) is 11.1 Å². The summed E-state index contributed by atoms with van der Waals surface area (Å²) in [5, 5.41) is 7.54. The van der Waals surface area contributed by atoms with Gasteiger partial charge in [-0.2, -0.15) is 0 Å². The molecule has 0 aromatic heterocycles. The van der Waals surface area contributed by atoms with E-state index in [1.807, 2.05) is 62.4 Å². The molecule has 5 heteroatoms. The Morgan fingerprint density at radius 1 is 0.957 bits per heavy atom. The highest BCUT2D eigenvalue weighted by atomic mass is 35.5. The van der Waals surface area contributed by atoms with Crippen LogP contribution in [0.3, 0.4) is 0 Å². The molecule has 2 rings (SSSR count). The Morgan fingerprint density at radius 3 is 2.30 bits per heavy atom. The number of halogens is 2. The van der Waals surface area contributed by atoms with Gasteiger partial charge in [-0.25, -0.2) is 0 Å². The second-order valence-electron chi connectivity index (χ2n) is 5.50. The zero-order valence-electron chi connectivity index (χ0n) is 13.1. The monoisotopic (exact) mass is 350 g/mol. The molecule has 2 aromatic carbocycles. The summed E-state index contributed by atoms with van der Waals surface area (Å²) in [6.07, 6.45) is 0. The van der Waals surface area contributed by atoms with E-state index in [2.05, 4.69) is 10.6 Å². The van der Waals surface area contributed by atoms with Gasteiger partial charge in [0.15, 0.2) is 0 Å². The molecule has 0 fully saturated rings. The van der Waals surface area contributed by atoms with Gasteiger partial charge in [-0.15, -0.1) is 0 Å². The van der Waals surface area contributed by atoms with Crippen molar-refractivity contribution in [2.24, 2.45) is 0 Å². The molecule has 2 aromatic rings. The quantitative estimate of drug-likeness (QED) is 0.803. The van der Waals surface area contributed by atoms with Crippen molar-refractivity contribution < 1.29 is 4.79 Å². The molecule has 0 saturated carbocycles. The van der Waals surface area contributed by atoms with Crippen molar-refractivity contribution in [1.82, 2.24) is 10.6 Å². The molecule has 0 unspecified atom stereocenters. The van der Waals surface area contributed by atoms with Crippen molar-refractivity contribution in [1.29, 1.82) is 0 Å². The number of hydrogen-bond acceptors (Lipinski definition) is 2. The minimum absolute atomic E-state index is 0.0466. The molecule has 0 bridgehead atoms. The lowest BCUT2D eigenvalue weighted by Gasteiger charge is -2.17. The lowest BCUT2D eigenvalue weighted by atomic mass is 10.1. The van der Waals surface area contributed by atoms with Crippen molar-refractivity contribution in [3.05, 3.63) is 69.7 Å². The molecule has 0 heterocycles. The molecular formula is C18H20Cl2N2O. The molecule has 122 valence electrons. The lowest BCUT2D eigenvalue weighted by Crippen LogP contribution is -2.36. The number of hydrogen-bond donors (Lipinski definition) is 2. The average molecular weight is 351 g/mol. The van der Waals surface area contributed by atoms with E-state index < -0.39 is 0 Å². The van der Waals surface area contributed by atoms with E-state index >= 15 is 0 Å². The Bertz CT molecular complexity index is 658. The smallest absolute Gasteiger partial charge is 0.234 e. The molecule has 0 aliphatic carbocycles. The largest absolute Gasteiger partial charge is 0.348 e. The lowest BCUT2D eigenvalue weighted by molar-refractivity contribution is -0.121. The van der Waals surface area contributed by atoms with Crippen molar-refractivity contribution >= 4 is 29.1 Å². The first kappa shape index (κ1) is 17.8. The normalized spacial score (nSPS) is 13.4. The zero-order valence-corrected chi connectivity index (χ0v) is 14.7. The van der Waals surface area contributed by atoms with Crippen LogP contribution >= 0.6 is 23.2 Å². The third kappa shape index (κ3) is 5.54. The highest BCUT2D eigenvalue weighted by Gasteiger charge is 2.11. The van der Waals surface area contributed by atoms with Crippen LogP contribution in [-0.4, -0.2) is 12.5 Å². The van der Waals surface area contributed by atoms with Crippen LogP contribution in [-0.2, 0) is 4.79 Å². The molecular weight excluding hydrogens is 331 g/mol. The van der Waals surface area contributed by atoms with Crippen LogP contribution in [0, 0.1) is 0 Å². The maximum Gasteiger partial charge on any atom is 0.234 e. The summed E-state index contributed by atoms with van der Waals surface area (Å²) in [4.78, 5) is 12.1. The molecule has 2 atom stereocenters. The fourth-order valence-electron chi connectivity index (χ4n) is 2.27. The van der Waals surface area contributed by atoms with E-state index in [4.69, 9.17) is 23.2 Å². The van der Waals surface area contributed by atoms with Gasteiger partial charge in [-0.05, 0) is 49.2 Å². The Labute approximate surface area is 147 Å². The molecule has 2 N–H and O–H groups in total. The molecule has 0 saturated heterocycles. The number of carbonyl (C=O) groups excluding carboxylic acids is 1. The van der Waals surface area contributed by atoms with E-state index in [0.29, 0.717) is 10.0 Å². The van der Waals surface area contributed by atoms with Crippen molar-refractivity contribution in [2.45, 2.75) is 25.9 Å². The van der Waals surface area contributed by atoms with Crippen molar-refractivity contribution in [3.63, 3.8) is 0 Å². The molecule has 0 radical (unpaired) electrons. The number of rotatable bonds is 6.